The van der Waals surface area contributed by atoms with Crippen LogP contribution in [-0.4, -0.2) is 11.0 Å². The van der Waals surface area contributed by atoms with Crippen LogP contribution in [0.3, 0.4) is 0 Å². The van der Waals surface area contributed by atoms with Gasteiger partial charge in [0.25, 0.3) is 0 Å². The van der Waals surface area contributed by atoms with E-state index in [0.717, 1.165) is 12.8 Å². The second kappa shape index (κ2) is 4.98. The third-order valence-corrected chi connectivity index (χ3v) is 1.60. The first-order valence-corrected chi connectivity index (χ1v) is 4.32. The topological polar surface area (TPSA) is 46.5 Å². The number of hydrogen-bond donors (Lipinski definition) is 1. The molecule has 2 atom stereocenters. The van der Waals surface area contributed by atoms with E-state index in [9.17, 15) is 4.57 Å². The van der Waals surface area contributed by atoms with Gasteiger partial charge in [-0.05, 0) is 13.3 Å². The summed E-state index contributed by atoms with van der Waals surface area (Å²) < 4.78 is 14.6. The summed E-state index contributed by atoms with van der Waals surface area (Å²) >= 11 is 0. The second-order valence-corrected chi connectivity index (χ2v) is 2.75. The lowest BCUT2D eigenvalue weighted by molar-refractivity contribution is 0.195. The van der Waals surface area contributed by atoms with Crippen LogP contribution < -0.4 is 0 Å². The molecule has 0 aromatic rings. The van der Waals surface area contributed by atoms with Gasteiger partial charge in [0.1, 0.15) is 0 Å². The zero-order valence-electron chi connectivity index (χ0n) is 5.76. The SMILES string of the molecule is CCCC(C)O[PH](=O)O. The van der Waals surface area contributed by atoms with E-state index in [0.29, 0.717) is 0 Å². The van der Waals surface area contributed by atoms with Crippen LogP contribution in [0.15, 0.2) is 0 Å². The van der Waals surface area contributed by atoms with Gasteiger partial charge >= 0.3 is 8.25 Å². The van der Waals surface area contributed by atoms with Crippen LogP contribution in [0.1, 0.15) is 26.7 Å². The first-order chi connectivity index (χ1) is 4.16. The normalized spacial score (nSPS) is 17.2. The molecule has 9 heavy (non-hydrogen) atoms. The van der Waals surface area contributed by atoms with Crippen LogP contribution in [0.4, 0.5) is 0 Å². The third kappa shape index (κ3) is 6.03. The quantitative estimate of drug-likeness (QED) is 0.622. The highest BCUT2D eigenvalue weighted by Gasteiger charge is 2.01. The Morgan fingerprint density at radius 2 is 2.33 bits per heavy atom. The molecule has 0 aliphatic carbocycles. The molecular weight excluding hydrogens is 139 g/mol. The van der Waals surface area contributed by atoms with Crippen LogP contribution in [0.2, 0.25) is 0 Å². The Labute approximate surface area is 56.0 Å². The molecule has 0 radical (unpaired) electrons. The van der Waals surface area contributed by atoms with Crippen molar-refractivity contribution < 1.29 is 14.0 Å². The van der Waals surface area contributed by atoms with Gasteiger partial charge in [0.2, 0.25) is 0 Å². The highest BCUT2D eigenvalue weighted by molar-refractivity contribution is 7.32. The summed E-state index contributed by atoms with van der Waals surface area (Å²) in [6, 6.07) is 0. The Hall–Kier alpha value is 0.150. The summed E-state index contributed by atoms with van der Waals surface area (Å²) in [7, 11) is -2.71. The van der Waals surface area contributed by atoms with E-state index in [1.54, 1.807) is 6.92 Å². The molecular formula is C5H13O3P. The van der Waals surface area contributed by atoms with E-state index in [1.165, 1.54) is 0 Å². The molecule has 0 saturated heterocycles. The molecule has 0 spiro atoms. The molecule has 56 valence electrons. The summed E-state index contributed by atoms with van der Waals surface area (Å²) in [5.41, 5.74) is 0. The summed E-state index contributed by atoms with van der Waals surface area (Å²) in [4.78, 5) is 8.27. The van der Waals surface area contributed by atoms with Crippen molar-refractivity contribution >= 4 is 8.25 Å². The Morgan fingerprint density at radius 1 is 1.78 bits per heavy atom. The summed E-state index contributed by atoms with van der Waals surface area (Å²) in [5.74, 6) is 0. The van der Waals surface area contributed by atoms with E-state index in [-0.39, 0.29) is 6.10 Å². The number of hydrogen-bond acceptors (Lipinski definition) is 2. The Morgan fingerprint density at radius 3 is 2.67 bits per heavy atom. The standard InChI is InChI=1S/C5H13O3P/c1-3-4-5(2)8-9(6)7/h5,9H,3-4H2,1-2H3,(H,6,7). The van der Waals surface area contributed by atoms with E-state index in [2.05, 4.69) is 4.52 Å². The zero-order chi connectivity index (χ0) is 7.28. The van der Waals surface area contributed by atoms with Gasteiger partial charge in [-0.15, -0.1) is 0 Å². The molecule has 4 heteroatoms. The summed E-state index contributed by atoms with van der Waals surface area (Å²) in [5, 5.41) is 0. The zero-order valence-corrected chi connectivity index (χ0v) is 6.76. The van der Waals surface area contributed by atoms with Crippen LogP contribution in [0.5, 0.6) is 0 Å². The van der Waals surface area contributed by atoms with Crippen molar-refractivity contribution in [3.63, 3.8) is 0 Å². The molecule has 0 fully saturated rings. The molecule has 0 rings (SSSR count). The van der Waals surface area contributed by atoms with E-state index >= 15 is 0 Å². The van der Waals surface area contributed by atoms with Gasteiger partial charge in [0.05, 0.1) is 6.10 Å². The fraction of sp³-hybridized carbons (Fsp3) is 1.00. The van der Waals surface area contributed by atoms with Gasteiger partial charge in [0, 0.05) is 0 Å². The molecule has 0 aromatic heterocycles. The van der Waals surface area contributed by atoms with E-state index < -0.39 is 8.25 Å². The minimum Gasteiger partial charge on any atom is -0.326 e. The van der Waals surface area contributed by atoms with Crippen molar-refractivity contribution in [3.8, 4) is 0 Å². The van der Waals surface area contributed by atoms with Crippen LogP contribution >= 0.6 is 8.25 Å². The average molecular weight is 152 g/mol. The smallest absolute Gasteiger partial charge is 0.316 e. The van der Waals surface area contributed by atoms with Gasteiger partial charge < -0.3 is 9.42 Å². The lowest BCUT2D eigenvalue weighted by Crippen LogP contribution is -2.00. The lowest BCUT2D eigenvalue weighted by atomic mass is 10.2. The van der Waals surface area contributed by atoms with Gasteiger partial charge in [-0.1, -0.05) is 13.3 Å². The Bertz CT molecular complexity index is 94.2. The summed E-state index contributed by atoms with van der Waals surface area (Å²) in [6.07, 6.45) is 1.75. The first-order valence-electron chi connectivity index (χ1n) is 3.06. The molecule has 2 unspecified atom stereocenters. The highest BCUT2D eigenvalue weighted by atomic mass is 31.1. The first kappa shape index (κ1) is 9.15. The Balaban J connectivity index is 3.26. The lowest BCUT2D eigenvalue weighted by Gasteiger charge is -2.06. The van der Waals surface area contributed by atoms with Crippen molar-refractivity contribution in [1.29, 1.82) is 0 Å². The minimum absolute atomic E-state index is 0.0774. The fourth-order valence-corrected chi connectivity index (χ4v) is 1.10. The van der Waals surface area contributed by atoms with Gasteiger partial charge in [-0.2, -0.15) is 0 Å². The average Bonchev–Trinajstić information content (AvgIpc) is 1.63. The van der Waals surface area contributed by atoms with Crippen molar-refractivity contribution in [2.45, 2.75) is 32.8 Å². The predicted molar refractivity (Wildman–Crippen MR) is 36.7 cm³/mol. The van der Waals surface area contributed by atoms with Crippen molar-refractivity contribution in [2.75, 3.05) is 0 Å². The van der Waals surface area contributed by atoms with Crippen LogP contribution in [0, 0.1) is 0 Å². The van der Waals surface area contributed by atoms with E-state index in [1.807, 2.05) is 6.92 Å². The maximum atomic E-state index is 10.0. The molecule has 0 saturated carbocycles. The molecule has 0 amide bonds. The monoisotopic (exact) mass is 152 g/mol. The number of rotatable bonds is 4. The Kier molecular flexibility index (Phi) is 5.06. The van der Waals surface area contributed by atoms with Crippen molar-refractivity contribution in [2.24, 2.45) is 0 Å². The molecule has 0 bridgehead atoms. The predicted octanol–water partition coefficient (Wildman–Crippen LogP) is 1.57. The van der Waals surface area contributed by atoms with Gasteiger partial charge in [-0.3, -0.25) is 4.57 Å². The molecule has 0 heterocycles. The highest BCUT2D eigenvalue weighted by Crippen LogP contribution is 2.19. The van der Waals surface area contributed by atoms with Crippen LogP contribution in [0.25, 0.3) is 0 Å². The fourth-order valence-electron chi connectivity index (χ4n) is 0.638. The second-order valence-electron chi connectivity index (χ2n) is 1.98. The minimum atomic E-state index is -2.71. The maximum absolute atomic E-state index is 10.0. The molecule has 0 aliphatic heterocycles. The third-order valence-electron chi connectivity index (χ3n) is 0.997. The van der Waals surface area contributed by atoms with Gasteiger partial charge in [0.15, 0.2) is 0 Å². The van der Waals surface area contributed by atoms with Gasteiger partial charge in [-0.25, -0.2) is 0 Å². The maximum Gasteiger partial charge on any atom is 0.316 e. The molecule has 3 nitrogen and oxygen atoms in total. The van der Waals surface area contributed by atoms with Crippen LogP contribution in [-0.2, 0) is 9.09 Å². The molecule has 1 N–H and O–H groups in total. The van der Waals surface area contributed by atoms with Crippen molar-refractivity contribution in [3.05, 3.63) is 0 Å². The van der Waals surface area contributed by atoms with Crippen molar-refractivity contribution in [1.82, 2.24) is 0 Å². The largest absolute Gasteiger partial charge is 0.326 e. The molecule has 0 aromatic carbocycles. The summed E-state index contributed by atoms with van der Waals surface area (Å²) in [6.45, 7) is 3.80. The molecule has 0 aliphatic rings. The van der Waals surface area contributed by atoms with E-state index in [4.69, 9.17) is 4.89 Å².